The third kappa shape index (κ3) is 60.5. The number of ether oxygens (including phenoxy) is 3. The molecule has 0 aromatic heterocycles. The average Bonchev–Trinajstić information content (AvgIpc) is 3.33. The number of hydrogen-bond acceptors (Lipinski definition) is 8. The Morgan fingerprint density at radius 3 is 0.691 bits per heavy atom. The van der Waals surface area contributed by atoms with Gasteiger partial charge in [0.05, 0.1) is 12.7 Å². The van der Waals surface area contributed by atoms with Gasteiger partial charge in [0, 0.05) is 19.3 Å². The molecule has 0 aromatic rings. The number of unbranched alkanes of at least 4 members (excludes halogenated alkanes) is 42. The van der Waals surface area contributed by atoms with E-state index in [4.69, 9.17) is 24.4 Å². The summed E-state index contributed by atoms with van der Waals surface area (Å²) in [7, 11) is 0. The van der Waals surface area contributed by atoms with E-state index in [-0.39, 0.29) is 37.7 Å². The van der Waals surface area contributed by atoms with Crippen LogP contribution >= 0.6 is 0 Å². The number of aliphatic hydroxyl groups excluding tert-OH is 2. The van der Waals surface area contributed by atoms with Crippen molar-refractivity contribution < 1.29 is 38.8 Å². The van der Waals surface area contributed by atoms with Crippen molar-refractivity contribution in [2.45, 2.75) is 348 Å². The van der Waals surface area contributed by atoms with E-state index in [1.165, 1.54) is 238 Å². The molecule has 1 atom stereocenters. The second kappa shape index (κ2) is 59.6. The lowest BCUT2D eigenvalue weighted by Gasteiger charge is -2.18. The maximum absolute atomic E-state index is 12.8. The first-order valence-corrected chi connectivity index (χ1v) is 30.1. The summed E-state index contributed by atoms with van der Waals surface area (Å²) in [6, 6.07) is 0. The molecule has 0 aliphatic rings. The maximum Gasteiger partial charge on any atom is 0.306 e. The Hall–Kier alpha value is -1.67. The van der Waals surface area contributed by atoms with Crippen molar-refractivity contribution in [3.63, 3.8) is 0 Å². The van der Waals surface area contributed by atoms with E-state index in [1.54, 1.807) is 0 Å². The van der Waals surface area contributed by atoms with Crippen LogP contribution in [0.3, 0.4) is 0 Å². The molecule has 0 aromatic carbocycles. The van der Waals surface area contributed by atoms with Gasteiger partial charge in [0.2, 0.25) is 0 Å². The Bertz CT molecular complexity index is 952. The fraction of sp³-hybridized carbons (Fsp3) is 0.950. The molecule has 0 radical (unpaired) electrons. The fourth-order valence-electron chi connectivity index (χ4n) is 8.80. The van der Waals surface area contributed by atoms with Crippen molar-refractivity contribution in [2.75, 3.05) is 19.8 Å². The van der Waals surface area contributed by atoms with Gasteiger partial charge in [-0.05, 0) is 26.2 Å². The molecule has 0 saturated carbocycles. The Morgan fingerprint density at radius 2 is 0.500 bits per heavy atom. The molecule has 0 aliphatic carbocycles. The zero-order valence-corrected chi connectivity index (χ0v) is 46.1. The van der Waals surface area contributed by atoms with Crippen LogP contribution in [0.1, 0.15) is 336 Å². The molecule has 1 unspecified atom stereocenters. The van der Waals surface area contributed by atoms with Crippen LogP contribution in [0, 0.1) is 0 Å². The van der Waals surface area contributed by atoms with E-state index in [2.05, 4.69) is 20.8 Å². The number of hydrogen-bond donors (Lipinski definition) is 2. The van der Waals surface area contributed by atoms with E-state index in [0.717, 1.165) is 57.8 Å². The van der Waals surface area contributed by atoms with Crippen molar-refractivity contribution in [3.8, 4) is 0 Å². The highest BCUT2D eigenvalue weighted by molar-refractivity contribution is 5.71. The topological polar surface area (TPSA) is 119 Å². The molecule has 0 aliphatic heterocycles. The largest absolute Gasteiger partial charge is 0.462 e. The van der Waals surface area contributed by atoms with Gasteiger partial charge in [-0.2, -0.15) is 0 Å². The molecule has 2 N–H and O–H groups in total. The van der Waals surface area contributed by atoms with E-state index < -0.39 is 12.2 Å². The summed E-state index contributed by atoms with van der Waals surface area (Å²) in [5, 5.41) is 16.0. The van der Waals surface area contributed by atoms with Gasteiger partial charge in [0.1, 0.15) is 13.2 Å². The molecule has 0 spiro atoms. The van der Waals surface area contributed by atoms with E-state index in [9.17, 15) is 14.4 Å². The van der Waals surface area contributed by atoms with Crippen LogP contribution in [-0.2, 0) is 28.6 Å². The number of carbonyl (C=O) groups is 3. The van der Waals surface area contributed by atoms with Crippen molar-refractivity contribution in [1.29, 1.82) is 0 Å². The minimum atomic E-state index is -0.760. The fourth-order valence-corrected chi connectivity index (χ4v) is 8.80. The molecule has 0 bridgehead atoms. The number of aliphatic hydroxyl groups is 2. The first kappa shape index (κ1) is 68.4. The summed E-state index contributed by atoms with van der Waals surface area (Å²) in [4.78, 5) is 38.1. The molecular weight excluding hydrogens is 849 g/mol. The number of carbonyl (C=O) groups excluding carboxylic acids is 3. The van der Waals surface area contributed by atoms with Crippen LogP contribution in [-0.4, -0.2) is 60.1 Å². The van der Waals surface area contributed by atoms with Crippen LogP contribution in [0.25, 0.3) is 0 Å². The quantitative estimate of drug-likeness (QED) is 0.0351. The molecule has 8 heteroatoms. The van der Waals surface area contributed by atoms with Gasteiger partial charge in [-0.1, -0.05) is 290 Å². The van der Waals surface area contributed by atoms with Crippen LogP contribution in [0.4, 0.5) is 0 Å². The average molecular weight is 968 g/mol. The van der Waals surface area contributed by atoms with Crippen LogP contribution < -0.4 is 0 Å². The number of esters is 3. The maximum atomic E-state index is 12.8. The summed E-state index contributed by atoms with van der Waals surface area (Å²) < 4.78 is 16.9. The summed E-state index contributed by atoms with van der Waals surface area (Å²) in [6.45, 7) is 8.09. The van der Waals surface area contributed by atoms with Gasteiger partial charge in [-0.25, -0.2) is 0 Å². The van der Waals surface area contributed by atoms with Gasteiger partial charge >= 0.3 is 17.9 Å². The van der Waals surface area contributed by atoms with Crippen LogP contribution in [0.5, 0.6) is 0 Å². The molecule has 0 heterocycles. The zero-order valence-electron chi connectivity index (χ0n) is 46.1. The lowest BCUT2D eigenvalue weighted by atomic mass is 10.0. The minimum Gasteiger partial charge on any atom is -0.462 e. The Kier molecular flexibility index (Phi) is 60.0. The van der Waals surface area contributed by atoms with Gasteiger partial charge in [0.15, 0.2) is 6.10 Å². The Labute approximate surface area is 423 Å². The highest BCUT2D eigenvalue weighted by atomic mass is 16.6. The van der Waals surface area contributed by atoms with Crippen molar-refractivity contribution in [1.82, 2.24) is 0 Å². The minimum absolute atomic E-state index is 0.0611. The molecule has 0 amide bonds. The van der Waals surface area contributed by atoms with Gasteiger partial charge < -0.3 is 24.4 Å². The molecule has 0 fully saturated rings. The van der Waals surface area contributed by atoms with Gasteiger partial charge in [-0.3, -0.25) is 14.4 Å². The van der Waals surface area contributed by atoms with E-state index >= 15 is 0 Å². The predicted molar refractivity (Wildman–Crippen MR) is 289 cm³/mol. The lowest BCUT2D eigenvalue weighted by Crippen LogP contribution is -2.30. The summed E-state index contributed by atoms with van der Waals surface area (Å²) in [6.07, 6.45) is 57.4. The third-order valence-electron chi connectivity index (χ3n) is 13.4. The standard InChI is InChI=1S/C57H110O6.C3H8O2/c1-4-7-10-13-16-19-22-25-28-31-34-37-40-43-46-49-55(58)61-52-54(63-57(60)51-48-45-42-39-36-33-30-27-24-21-18-15-12-9-6-3)53-62-56(59)50-47-44-41-38-35-32-29-26-23-20-17-14-11-8-5-2;1-3(5)2-4/h54H,4-53H2,1-3H3;3-5H,2H2,1H3. The normalized spacial score (nSPS) is 11.7. The van der Waals surface area contributed by atoms with Crippen LogP contribution in [0.2, 0.25) is 0 Å². The monoisotopic (exact) mass is 967 g/mol. The van der Waals surface area contributed by atoms with E-state index in [1.807, 2.05) is 0 Å². The molecule has 0 saturated heterocycles. The first-order valence-electron chi connectivity index (χ1n) is 30.1. The van der Waals surface area contributed by atoms with Gasteiger partial charge in [0.25, 0.3) is 0 Å². The molecular formula is C60H118O8. The highest BCUT2D eigenvalue weighted by Gasteiger charge is 2.19. The lowest BCUT2D eigenvalue weighted by molar-refractivity contribution is -0.167. The number of rotatable bonds is 54. The van der Waals surface area contributed by atoms with Crippen molar-refractivity contribution >= 4 is 17.9 Å². The van der Waals surface area contributed by atoms with E-state index in [0.29, 0.717) is 19.3 Å². The van der Waals surface area contributed by atoms with Gasteiger partial charge in [-0.15, -0.1) is 0 Å². The Balaban J connectivity index is 0. The summed E-state index contributed by atoms with van der Waals surface area (Å²) >= 11 is 0. The molecule has 406 valence electrons. The SMILES string of the molecule is CC(O)CO.CCCCCCCCCCCCCCCCCC(=O)OCC(COC(=O)CCCCCCCCCCCCCCCCC)OC(=O)CCCCCCCCCCCCCCCCC. The Morgan fingerprint density at radius 1 is 0.324 bits per heavy atom. The summed E-state index contributed by atoms with van der Waals surface area (Å²) in [5.41, 5.74) is 0. The van der Waals surface area contributed by atoms with Crippen LogP contribution in [0.15, 0.2) is 0 Å². The summed E-state index contributed by atoms with van der Waals surface area (Å²) in [5.74, 6) is -0.832. The third-order valence-corrected chi connectivity index (χ3v) is 13.4. The van der Waals surface area contributed by atoms with Crippen molar-refractivity contribution in [3.05, 3.63) is 0 Å². The molecule has 68 heavy (non-hydrogen) atoms. The second-order valence-electron chi connectivity index (χ2n) is 20.6. The second-order valence-corrected chi connectivity index (χ2v) is 20.6. The zero-order chi connectivity index (χ0) is 50.1. The van der Waals surface area contributed by atoms with Crippen molar-refractivity contribution in [2.24, 2.45) is 0 Å². The first-order chi connectivity index (χ1) is 33.3. The molecule has 0 rings (SSSR count). The highest BCUT2D eigenvalue weighted by Crippen LogP contribution is 2.18. The molecule has 8 nitrogen and oxygen atoms in total. The predicted octanol–water partition coefficient (Wildman–Crippen LogP) is 18.1. The smallest absolute Gasteiger partial charge is 0.306 e.